The molecule has 0 saturated heterocycles. The average molecular weight is 413 g/mol. The number of alkyl carbamates (subject to hydrolysis) is 1. The van der Waals surface area contributed by atoms with E-state index < -0.39 is 11.7 Å². The molecule has 1 aromatic heterocycles. The summed E-state index contributed by atoms with van der Waals surface area (Å²) >= 11 is 0. The molecule has 0 radical (unpaired) electrons. The molecule has 3 aromatic rings. The number of halogens is 1. The molecule has 158 valence electrons. The van der Waals surface area contributed by atoms with Gasteiger partial charge in [-0.25, -0.2) is 14.2 Å². The fourth-order valence-corrected chi connectivity index (χ4v) is 2.77. The highest BCUT2D eigenvalue weighted by molar-refractivity contribution is 5.78. The van der Waals surface area contributed by atoms with Crippen molar-refractivity contribution >= 4 is 17.0 Å². The summed E-state index contributed by atoms with van der Waals surface area (Å²) < 4.78 is 25.5. The van der Waals surface area contributed by atoms with Crippen LogP contribution in [0.2, 0.25) is 0 Å². The molecular weight excluding hydrogens is 389 g/mol. The quantitative estimate of drug-likeness (QED) is 0.667. The monoisotopic (exact) mass is 413 g/mol. The number of nitrogens with one attached hydrogen (secondary N) is 1. The summed E-state index contributed by atoms with van der Waals surface area (Å²) in [4.78, 5) is 28.7. The van der Waals surface area contributed by atoms with Gasteiger partial charge in [-0.1, -0.05) is 12.1 Å². The number of carbonyl (C=O) groups is 1. The minimum atomic E-state index is -0.583. The summed E-state index contributed by atoms with van der Waals surface area (Å²) in [7, 11) is 0. The summed E-state index contributed by atoms with van der Waals surface area (Å²) in [5, 5.41) is 3.05. The third-order valence-corrected chi connectivity index (χ3v) is 4.11. The van der Waals surface area contributed by atoms with Gasteiger partial charge in [0.25, 0.3) is 5.56 Å². The number of hydrogen-bond donors (Lipinski definition) is 1. The minimum Gasteiger partial charge on any atom is -0.489 e. The molecule has 1 heterocycles. The first-order valence-corrected chi connectivity index (χ1v) is 9.54. The molecule has 7 nitrogen and oxygen atoms in total. The molecule has 0 atom stereocenters. The zero-order chi connectivity index (χ0) is 21.7. The maximum Gasteiger partial charge on any atom is 0.407 e. The molecule has 0 aliphatic heterocycles. The fourth-order valence-electron chi connectivity index (χ4n) is 2.77. The van der Waals surface area contributed by atoms with Crippen LogP contribution in [0.5, 0.6) is 5.75 Å². The predicted octanol–water partition coefficient (Wildman–Crippen LogP) is 3.64. The zero-order valence-electron chi connectivity index (χ0n) is 17.1. The van der Waals surface area contributed by atoms with Gasteiger partial charge in [-0.15, -0.1) is 0 Å². The van der Waals surface area contributed by atoms with Crippen molar-refractivity contribution in [2.45, 2.75) is 39.5 Å². The van der Waals surface area contributed by atoms with Crippen molar-refractivity contribution in [2.24, 2.45) is 0 Å². The average Bonchev–Trinajstić information content (AvgIpc) is 2.67. The van der Waals surface area contributed by atoms with Gasteiger partial charge in [0.1, 0.15) is 23.8 Å². The maximum absolute atomic E-state index is 13.3. The molecule has 0 aliphatic carbocycles. The SMILES string of the molecule is CC(C)(C)OC(=O)NCCn1cnc2cc(OCc3cccc(F)c3)ccc2c1=O. The van der Waals surface area contributed by atoms with Crippen LogP contribution < -0.4 is 15.6 Å². The number of rotatable bonds is 6. The predicted molar refractivity (Wildman–Crippen MR) is 111 cm³/mol. The van der Waals surface area contributed by atoms with E-state index in [0.717, 1.165) is 0 Å². The van der Waals surface area contributed by atoms with E-state index in [0.29, 0.717) is 22.2 Å². The largest absolute Gasteiger partial charge is 0.489 e. The number of aromatic nitrogens is 2. The van der Waals surface area contributed by atoms with Crippen LogP contribution in [0.15, 0.2) is 53.6 Å². The Labute approximate surface area is 173 Å². The third-order valence-electron chi connectivity index (χ3n) is 4.11. The molecule has 0 bridgehead atoms. The molecule has 0 aliphatic rings. The second-order valence-electron chi connectivity index (χ2n) is 7.77. The van der Waals surface area contributed by atoms with Crippen molar-refractivity contribution in [2.75, 3.05) is 6.54 Å². The van der Waals surface area contributed by atoms with Crippen LogP contribution in [0, 0.1) is 5.82 Å². The van der Waals surface area contributed by atoms with E-state index in [9.17, 15) is 14.0 Å². The van der Waals surface area contributed by atoms with Crippen LogP contribution in [-0.4, -0.2) is 27.8 Å². The first-order valence-electron chi connectivity index (χ1n) is 9.54. The van der Waals surface area contributed by atoms with Gasteiger partial charge in [-0.05, 0) is 50.6 Å². The number of hydrogen-bond acceptors (Lipinski definition) is 5. The molecule has 1 N–H and O–H groups in total. The molecule has 0 fully saturated rings. The van der Waals surface area contributed by atoms with Gasteiger partial charge in [-0.2, -0.15) is 0 Å². The van der Waals surface area contributed by atoms with Gasteiger partial charge < -0.3 is 14.8 Å². The van der Waals surface area contributed by atoms with Crippen LogP contribution >= 0.6 is 0 Å². The summed E-state index contributed by atoms with van der Waals surface area (Å²) in [5.41, 5.74) is 0.395. The van der Waals surface area contributed by atoms with Gasteiger partial charge in [0.05, 0.1) is 17.2 Å². The van der Waals surface area contributed by atoms with Gasteiger partial charge in [0.2, 0.25) is 0 Å². The smallest absolute Gasteiger partial charge is 0.407 e. The Morgan fingerprint density at radius 1 is 1.20 bits per heavy atom. The number of fused-ring (bicyclic) bond motifs is 1. The van der Waals surface area contributed by atoms with Crippen LogP contribution in [0.25, 0.3) is 10.9 Å². The van der Waals surface area contributed by atoms with Gasteiger partial charge in [0.15, 0.2) is 0 Å². The summed E-state index contributed by atoms with van der Waals surface area (Å²) in [6.45, 7) is 6.04. The van der Waals surface area contributed by atoms with Crippen molar-refractivity contribution in [3.63, 3.8) is 0 Å². The lowest BCUT2D eigenvalue weighted by Gasteiger charge is -2.19. The van der Waals surface area contributed by atoms with E-state index in [-0.39, 0.29) is 31.1 Å². The Kier molecular flexibility index (Phi) is 6.34. The molecule has 0 unspecified atom stereocenters. The first-order chi connectivity index (χ1) is 14.2. The Bertz CT molecular complexity index is 1110. The first kappa shape index (κ1) is 21.3. The molecule has 8 heteroatoms. The second-order valence-corrected chi connectivity index (χ2v) is 7.77. The van der Waals surface area contributed by atoms with E-state index in [1.54, 1.807) is 51.1 Å². The second kappa shape index (κ2) is 8.94. The lowest BCUT2D eigenvalue weighted by molar-refractivity contribution is 0.0526. The van der Waals surface area contributed by atoms with E-state index >= 15 is 0 Å². The highest BCUT2D eigenvalue weighted by atomic mass is 19.1. The van der Waals surface area contributed by atoms with Crippen molar-refractivity contribution in [3.8, 4) is 5.75 Å². The topological polar surface area (TPSA) is 82.4 Å². The van der Waals surface area contributed by atoms with Crippen LogP contribution in [0.3, 0.4) is 0 Å². The van der Waals surface area contributed by atoms with E-state index in [1.807, 2.05) is 0 Å². The Morgan fingerprint density at radius 3 is 2.73 bits per heavy atom. The minimum absolute atomic E-state index is 0.205. The van der Waals surface area contributed by atoms with Crippen LogP contribution in [0.4, 0.5) is 9.18 Å². The number of benzene rings is 2. The van der Waals surface area contributed by atoms with Crippen LogP contribution in [0.1, 0.15) is 26.3 Å². The standard InChI is InChI=1S/C22H24FN3O4/c1-22(2,3)30-21(28)24-9-10-26-14-25-19-12-17(7-8-18(19)20(26)27)29-13-15-5-4-6-16(23)11-15/h4-8,11-12,14H,9-10,13H2,1-3H3,(H,24,28). The summed E-state index contributed by atoms with van der Waals surface area (Å²) in [6, 6.07) is 11.2. The molecule has 30 heavy (non-hydrogen) atoms. The highest BCUT2D eigenvalue weighted by Gasteiger charge is 2.15. The number of amides is 1. The fraction of sp³-hybridized carbons (Fsp3) is 0.318. The lowest BCUT2D eigenvalue weighted by atomic mass is 10.2. The van der Waals surface area contributed by atoms with Crippen molar-refractivity contribution in [3.05, 3.63) is 70.5 Å². The number of ether oxygens (including phenoxy) is 2. The van der Waals surface area contributed by atoms with Crippen LogP contribution in [-0.2, 0) is 17.9 Å². The van der Waals surface area contributed by atoms with Crippen molar-refractivity contribution in [1.29, 1.82) is 0 Å². The summed E-state index contributed by atoms with van der Waals surface area (Å²) in [6.07, 6.45) is 0.891. The Hall–Kier alpha value is -3.42. The van der Waals surface area contributed by atoms with Gasteiger partial charge in [0, 0.05) is 19.2 Å². The van der Waals surface area contributed by atoms with Crippen molar-refractivity contribution in [1.82, 2.24) is 14.9 Å². The highest BCUT2D eigenvalue weighted by Crippen LogP contribution is 2.18. The van der Waals surface area contributed by atoms with E-state index in [1.165, 1.54) is 23.0 Å². The number of nitrogens with zero attached hydrogens (tertiary/aromatic N) is 2. The Balaban J connectivity index is 1.64. The van der Waals surface area contributed by atoms with E-state index in [4.69, 9.17) is 9.47 Å². The normalized spacial score (nSPS) is 11.3. The maximum atomic E-state index is 13.3. The molecule has 3 rings (SSSR count). The zero-order valence-corrected chi connectivity index (χ0v) is 17.1. The van der Waals surface area contributed by atoms with Gasteiger partial charge >= 0.3 is 6.09 Å². The molecule has 0 saturated carbocycles. The van der Waals surface area contributed by atoms with Crippen molar-refractivity contribution < 1.29 is 18.7 Å². The molecule has 0 spiro atoms. The molecular formula is C22H24FN3O4. The van der Waals surface area contributed by atoms with Gasteiger partial charge in [-0.3, -0.25) is 9.36 Å². The third kappa shape index (κ3) is 5.79. The Morgan fingerprint density at radius 2 is 2.00 bits per heavy atom. The molecule has 1 amide bonds. The summed E-state index contributed by atoms with van der Waals surface area (Å²) in [5.74, 6) is 0.209. The lowest BCUT2D eigenvalue weighted by Crippen LogP contribution is -2.35. The van der Waals surface area contributed by atoms with E-state index in [2.05, 4.69) is 10.3 Å². The molecule has 2 aromatic carbocycles. The number of carbonyl (C=O) groups excluding carboxylic acids is 1.